The van der Waals surface area contributed by atoms with E-state index in [1.165, 1.54) is 18.4 Å². The largest absolute Gasteiger partial charge is 0.355 e. The van der Waals surface area contributed by atoms with Gasteiger partial charge in [-0.05, 0) is 49.1 Å². The fraction of sp³-hybridized carbons (Fsp3) is 0.261. The fourth-order valence-corrected chi connectivity index (χ4v) is 3.48. The molecule has 0 radical (unpaired) electrons. The van der Waals surface area contributed by atoms with Gasteiger partial charge in [0.1, 0.15) is 0 Å². The molecule has 0 atom stereocenters. The van der Waals surface area contributed by atoms with E-state index in [1.54, 1.807) is 0 Å². The van der Waals surface area contributed by atoms with Crippen LogP contribution in [-0.2, 0) is 11.2 Å². The van der Waals surface area contributed by atoms with Crippen LogP contribution in [0.15, 0.2) is 66.7 Å². The van der Waals surface area contributed by atoms with Crippen LogP contribution < -0.4 is 10.2 Å². The van der Waals surface area contributed by atoms with Gasteiger partial charge in [0.05, 0.1) is 5.69 Å². The number of benzene rings is 2. The molecule has 2 heterocycles. The number of rotatable bonds is 6. The Morgan fingerprint density at radius 3 is 2.50 bits per heavy atom. The Morgan fingerprint density at radius 2 is 1.75 bits per heavy atom. The fourth-order valence-electron chi connectivity index (χ4n) is 3.48. The van der Waals surface area contributed by atoms with E-state index < -0.39 is 0 Å². The number of aryl methyl sites for hydroxylation is 1. The topological polar surface area (TPSA) is 58.1 Å². The van der Waals surface area contributed by atoms with Crippen molar-refractivity contribution in [3.05, 3.63) is 72.3 Å². The molecule has 1 aliphatic heterocycles. The van der Waals surface area contributed by atoms with Gasteiger partial charge in [0.2, 0.25) is 5.91 Å². The van der Waals surface area contributed by atoms with Crippen LogP contribution in [0.3, 0.4) is 0 Å². The Labute approximate surface area is 165 Å². The van der Waals surface area contributed by atoms with Gasteiger partial charge in [0.25, 0.3) is 0 Å². The number of anilines is 2. The molecule has 1 N–H and O–H groups in total. The van der Waals surface area contributed by atoms with Gasteiger partial charge in [0, 0.05) is 30.8 Å². The zero-order valence-corrected chi connectivity index (χ0v) is 15.8. The van der Waals surface area contributed by atoms with E-state index in [0.29, 0.717) is 6.42 Å². The highest BCUT2D eigenvalue weighted by Gasteiger charge is 2.14. The predicted molar refractivity (Wildman–Crippen MR) is 112 cm³/mol. The summed E-state index contributed by atoms with van der Waals surface area (Å²) in [6, 6.07) is 21.8. The van der Waals surface area contributed by atoms with Gasteiger partial charge in [-0.1, -0.05) is 42.5 Å². The summed E-state index contributed by atoms with van der Waals surface area (Å²) in [7, 11) is 0. The van der Waals surface area contributed by atoms with Crippen LogP contribution in [0, 0.1) is 0 Å². The summed E-state index contributed by atoms with van der Waals surface area (Å²) in [4.78, 5) is 14.5. The molecule has 2 aromatic carbocycles. The maximum atomic E-state index is 12.3. The molecule has 5 nitrogen and oxygen atoms in total. The van der Waals surface area contributed by atoms with Gasteiger partial charge < -0.3 is 10.2 Å². The lowest BCUT2D eigenvalue weighted by atomic mass is 10.1. The summed E-state index contributed by atoms with van der Waals surface area (Å²) in [5, 5.41) is 11.7. The molecule has 3 aromatic rings. The highest BCUT2D eigenvalue weighted by atomic mass is 16.1. The molecule has 1 amide bonds. The lowest BCUT2D eigenvalue weighted by Crippen LogP contribution is -2.19. The lowest BCUT2D eigenvalue weighted by Gasteiger charge is -2.15. The Bertz CT molecular complexity index is 919. The van der Waals surface area contributed by atoms with E-state index >= 15 is 0 Å². The maximum Gasteiger partial charge on any atom is 0.224 e. The van der Waals surface area contributed by atoms with E-state index in [2.05, 4.69) is 20.4 Å². The number of aromatic nitrogens is 2. The molecule has 0 unspecified atom stereocenters. The van der Waals surface area contributed by atoms with Crippen molar-refractivity contribution in [1.82, 2.24) is 10.2 Å². The summed E-state index contributed by atoms with van der Waals surface area (Å²) in [6.07, 6.45) is 3.62. The van der Waals surface area contributed by atoms with Crippen molar-refractivity contribution in [2.45, 2.75) is 25.7 Å². The van der Waals surface area contributed by atoms with E-state index in [1.807, 2.05) is 66.7 Å². The van der Waals surface area contributed by atoms with Gasteiger partial charge >= 0.3 is 0 Å². The minimum absolute atomic E-state index is 0.0106. The van der Waals surface area contributed by atoms with Crippen LogP contribution in [0.4, 0.5) is 11.5 Å². The van der Waals surface area contributed by atoms with E-state index in [4.69, 9.17) is 0 Å². The van der Waals surface area contributed by atoms with Gasteiger partial charge in [-0.2, -0.15) is 0 Å². The van der Waals surface area contributed by atoms with Crippen LogP contribution in [-0.4, -0.2) is 29.2 Å². The second kappa shape index (κ2) is 8.65. The number of hydrogen-bond donors (Lipinski definition) is 1. The highest BCUT2D eigenvalue weighted by molar-refractivity contribution is 5.91. The molecular formula is C23H24N4O. The highest BCUT2D eigenvalue weighted by Crippen LogP contribution is 2.23. The van der Waals surface area contributed by atoms with Crippen molar-refractivity contribution in [3.63, 3.8) is 0 Å². The Morgan fingerprint density at radius 1 is 0.929 bits per heavy atom. The van der Waals surface area contributed by atoms with E-state index in [-0.39, 0.29) is 5.91 Å². The first-order chi connectivity index (χ1) is 13.8. The van der Waals surface area contributed by atoms with Crippen LogP contribution in [0.2, 0.25) is 0 Å². The summed E-state index contributed by atoms with van der Waals surface area (Å²) >= 11 is 0. The lowest BCUT2D eigenvalue weighted by molar-refractivity contribution is -0.116. The molecule has 1 aliphatic rings. The second-order valence-corrected chi connectivity index (χ2v) is 7.09. The van der Waals surface area contributed by atoms with Gasteiger partial charge in [-0.3, -0.25) is 4.79 Å². The molecule has 0 spiro atoms. The smallest absolute Gasteiger partial charge is 0.224 e. The van der Waals surface area contributed by atoms with Gasteiger partial charge in [-0.25, -0.2) is 0 Å². The predicted octanol–water partition coefficient (Wildman–Crippen LogP) is 4.32. The van der Waals surface area contributed by atoms with Gasteiger partial charge in [-0.15, -0.1) is 10.2 Å². The monoisotopic (exact) mass is 372 g/mol. The summed E-state index contributed by atoms with van der Waals surface area (Å²) in [5.74, 6) is 0.947. The first-order valence-corrected chi connectivity index (χ1v) is 9.81. The molecule has 1 saturated heterocycles. The number of hydrogen-bond acceptors (Lipinski definition) is 4. The Kier molecular flexibility index (Phi) is 5.61. The van der Waals surface area contributed by atoms with E-state index in [9.17, 15) is 4.79 Å². The van der Waals surface area contributed by atoms with Crippen molar-refractivity contribution in [2.75, 3.05) is 23.3 Å². The number of nitrogens with one attached hydrogen (secondary N) is 1. The second-order valence-electron chi connectivity index (χ2n) is 7.09. The molecule has 0 bridgehead atoms. The molecule has 142 valence electrons. The third kappa shape index (κ3) is 4.55. The van der Waals surface area contributed by atoms with Crippen molar-refractivity contribution >= 4 is 17.4 Å². The molecule has 1 fully saturated rings. The van der Waals surface area contributed by atoms with E-state index in [0.717, 1.165) is 42.3 Å². The first-order valence-electron chi connectivity index (χ1n) is 9.81. The molecule has 4 rings (SSSR count). The van der Waals surface area contributed by atoms with Crippen molar-refractivity contribution in [1.29, 1.82) is 0 Å². The molecule has 1 aromatic heterocycles. The van der Waals surface area contributed by atoms with Crippen molar-refractivity contribution in [2.24, 2.45) is 0 Å². The molecule has 28 heavy (non-hydrogen) atoms. The first kappa shape index (κ1) is 18.2. The number of carbonyl (C=O) groups is 1. The summed E-state index contributed by atoms with van der Waals surface area (Å²) in [6.45, 7) is 2.11. The Balaban J connectivity index is 1.39. The van der Waals surface area contributed by atoms with Crippen molar-refractivity contribution < 1.29 is 4.79 Å². The standard InChI is InChI=1S/C23H24N4O/c28-23(14-11-18-7-2-1-3-8-18)24-20-10-6-9-19(17-20)21-12-13-22(26-25-21)27-15-4-5-16-27/h1-3,6-10,12-13,17H,4-5,11,14-16H2,(H,24,28). The molecule has 0 aliphatic carbocycles. The minimum Gasteiger partial charge on any atom is -0.355 e. The summed E-state index contributed by atoms with van der Waals surface area (Å²) in [5.41, 5.74) is 3.70. The molecule has 0 saturated carbocycles. The number of amides is 1. The summed E-state index contributed by atoms with van der Waals surface area (Å²) < 4.78 is 0. The number of nitrogens with zero attached hydrogens (tertiary/aromatic N) is 3. The molecular weight excluding hydrogens is 348 g/mol. The zero-order valence-electron chi connectivity index (χ0n) is 15.8. The van der Waals surface area contributed by atoms with Crippen LogP contribution in [0.5, 0.6) is 0 Å². The SMILES string of the molecule is O=C(CCc1ccccc1)Nc1cccc(-c2ccc(N3CCCC3)nn2)c1. The number of carbonyl (C=O) groups excluding carboxylic acids is 1. The normalized spacial score (nSPS) is 13.5. The Hall–Kier alpha value is -3.21. The molecule has 5 heteroatoms. The minimum atomic E-state index is 0.0106. The van der Waals surface area contributed by atoms with Crippen LogP contribution in [0.25, 0.3) is 11.3 Å². The zero-order chi connectivity index (χ0) is 19.2. The maximum absolute atomic E-state index is 12.3. The van der Waals surface area contributed by atoms with Gasteiger partial charge in [0.15, 0.2) is 5.82 Å². The average molecular weight is 372 g/mol. The third-order valence-electron chi connectivity index (χ3n) is 5.01. The average Bonchev–Trinajstić information content (AvgIpc) is 3.28. The van der Waals surface area contributed by atoms with Crippen LogP contribution in [0.1, 0.15) is 24.8 Å². The van der Waals surface area contributed by atoms with Crippen molar-refractivity contribution in [3.8, 4) is 11.3 Å². The third-order valence-corrected chi connectivity index (χ3v) is 5.01. The van der Waals surface area contributed by atoms with Crippen LogP contribution >= 0.6 is 0 Å². The quantitative estimate of drug-likeness (QED) is 0.700.